The minimum atomic E-state index is 0.830. The first-order valence-electron chi connectivity index (χ1n) is 13.6. The van der Waals surface area contributed by atoms with Crippen molar-refractivity contribution in [2.75, 3.05) is 0 Å². The second kappa shape index (κ2) is 8.05. The molecule has 0 atom stereocenters. The predicted molar refractivity (Wildman–Crippen MR) is 165 cm³/mol. The summed E-state index contributed by atoms with van der Waals surface area (Å²) < 4.78 is 8.62. The Morgan fingerprint density at radius 2 is 1.05 bits per heavy atom. The molecule has 0 amide bonds. The van der Waals surface area contributed by atoms with Gasteiger partial charge in [-0.15, -0.1) is 0 Å². The fraction of sp³-hybridized carbons (Fsp3) is 0. The van der Waals surface area contributed by atoms with Crippen LogP contribution in [0.4, 0.5) is 0 Å². The molecule has 0 N–H and O–H groups in total. The van der Waals surface area contributed by atoms with E-state index in [9.17, 15) is 0 Å². The summed E-state index contributed by atoms with van der Waals surface area (Å²) in [6.45, 7) is 0. The van der Waals surface area contributed by atoms with Crippen molar-refractivity contribution in [3.8, 4) is 39.7 Å². The van der Waals surface area contributed by atoms with Crippen molar-refractivity contribution in [3.63, 3.8) is 0 Å². The predicted octanol–water partition coefficient (Wildman–Crippen LogP) is 9.92. The summed E-state index contributed by atoms with van der Waals surface area (Å²) in [6, 6.07) is 47.1. The van der Waals surface area contributed by atoms with Gasteiger partial charge in [0.2, 0.25) is 0 Å². The maximum Gasteiger partial charge on any atom is 0.153 e. The van der Waals surface area contributed by atoms with E-state index in [2.05, 4.69) is 114 Å². The number of rotatable bonds is 2. The van der Waals surface area contributed by atoms with Gasteiger partial charge in [0.15, 0.2) is 11.5 Å². The summed E-state index contributed by atoms with van der Waals surface area (Å²) in [5.41, 5.74) is 6.56. The van der Waals surface area contributed by atoms with Crippen LogP contribution in [0.25, 0.3) is 71.6 Å². The van der Waals surface area contributed by atoms with Gasteiger partial charge in [0, 0.05) is 5.56 Å². The highest BCUT2D eigenvalue weighted by Gasteiger charge is 2.27. The smallest absolute Gasteiger partial charge is 0.153 e. The summed E-state index contributed by atoms with van der Waals surface area (Å²) in [5.74, 6) is 2.59. The van der Waals surface area contributed by atoms with E-state index in [1.165, 1.54) is 43.4 Å². The van der Waals surface area contributed by atoms with Crippen molar-refractivity contribution < 1.29 is 4.74 Å². The van der Waals surface area contributed by atoms with Crippen LogP contribution in [0.3, 0.4) is 0 Å². The molecule has 40 heavy (non-hydrogen) atoms. The lowest BCUT2D eigenvalue weighted by atomic mass is 9.86. The SMILES string of the molecule is c1ccc2c(c1)Oc1cccc3nc(-c4c5ccccc5c(-c5cccc6ccccc56)c5ccccc45)n-2c13. The lowest BCUT2D eigenvalue weighted by Gasteiger charge is -2.22. The number of hydrogen-bond donors (Lipinski definition) is 0. The van der Waals surface area contributed by atoms with Gasteiger partial charge in [-0.05, 0) is 67.7 Å². The van der Waals surface area contributed by atoms with Gasteiger partial charge < -0.3 is 4.74 Å². The molecular weight excluding hydrogens is 488 g/mol. The molecule has 8 aromatic rings. The van der Waals surface area contributed by atoms with Gasteiger partial charge in [0.25, 0.3) is 0 Å². The first-order chi connectivity index (χ1) is 19.9. The second-order valence-corrected chi connectivity index (χ2v) is 10.3. The molecule has 0 aliphatic carbocycles. The standard InChI is InChI=1S/C37H22N2O/c1-2-13-24-23(11-1)12-9-18-25(24)34-26-14-3-5-16-28(26)35(29-17-6-4-15-27(29)34)37-38-30-19-10-22-33-36(30)39(37)31-20-7-8-21-32(31)40-33/h1-22H. The Morgan fingerprint density at radius 1 is 0.475 bits per heavy atom. The molecule has 7 aromatic carbocycles. The summed E-state index contributed by atoms with van der Waals surface area (Å²) in [6.07, 6.45) is 0. The molecule has 0 bridgehead atoms. The first-order valence-corrected chi connectivity index (χ1v) is 13.6. The Balaban J connectivity index is 1.48. The Hall–Kier alpha value is -5.41. The third-order valence-corrected chi connectivity index (χ3v) is 8.18. The molecule has 186 valence electrons. The molecule has 2 heterocycles. The third-order valence-electron chi connectivity index (χ3n) is 8.18. The van der Waals surface area contributed by atoms with E-state index in [1.807, 2.05) is 24.3 Å². The van der Waals surface area contributed by atoms with E-state index >= 15 is 0 Å². The molecule has 0 radical (unpaired) electrons. The number of benzene rings is 7. The zero-order valence-electron chi connectivity index (χ0n) is 21.5. The highest BCUT2D eigenvalue weighted by Crippen LogP contribution is 2.48. The molecule has 0 saturated heterocycles. The van der Waals surface area contributed by atoms with E-state index < -0.39 is 0 Å². The van der Waals surface area contributed by atoms with E-state index in [0.717, 1.165) is 39.6 Å². The monoisotopic (exact) mass is 510 g/mol. The molecule has 0 fully saturated rings. The van der Waals surface area contributed by atoms with Gasteiger partial charge >= 0.3 is 0 Å². The van der Waals surface area contributed by atoms with Crippen LogP contribution in [-0.4, -0.2) is 9.55 Å². The van der Waals surface area contributed by atoms with Crippen molar-refractivity contribution >= 4 is 43.4 Å². The normalized spacial score (nSPS) is 12.2. The fourth-order valence-corrected chi connectivity index (χ4v) is 6.53. The van der Waals surface area contributed by atoms with Crippen LogP contribution >= 0.6 is 0 Å². The van der Waals surface area contributed by atoms with Crippen molar-refractivity contribution in [2.45, 2.75) is 0 Å². The van der Waals surface area contributed by atoms with Crippen molar-refractivity contribution in [1.82, 2.24) is 9.55 Å². The van der Waals surface area contributed by atoms with Crippen LogP contribution < -0.4 is 4.74 Å². The van der Waals surface area contributed by atoms with Crippen LogP contribution in [0.5, 0.6) is 11.5 Å². The summed E-state index contributed by atoms with van der Waals surface area (Å²) in [5, 5.41) is 7.29. The second-order valence-electron chi connectivity index (χ2n) is 10.3. The van der Waals surface area contributed by atoms with Crippen LogP contribution in [-0.2, 0) is 0 Å². The van der Waals surface area contributed by atoms with Gasteiger partial charge in [0.05, 0.1) is 11.2 Å². The number of hydrogen-bond acceptors (Lipinski definition) is 2. The minimum absolute atomic E-state index is 0.830. The fourth-order valence-electron chi connectivity index (χ4n) is 6.53. The third kappa shape index (κ3) is 2.86. The molecule has 1 aliphatic rings. The van der Waals surface area contributed by atoms with Gasteiger partial charge in [-0.1, -0.05) is 109 Å². The molecular formula is C37H22N2O. The average molecular weight is 511 g/mol. The van der Waals surface area contributed by atoms with Crippen LogP contribution in [0, 0.1) is 0 Å². The maximum atomic E-state index is 6.33. The topological polar surface area (TPSA) is 27.1 Å². The van der Waals surface area contributed by atoms with Crippen LogP contribution in [0.2, 0.25) is 0 Å². The van der Waals surface area contributed by atoms with E-state index in [-0.39, 0.29) is 0 Å². The van der Waals surface area contributed by atoms with Crippen molar-refractivity contribution in [1.29, 1.82) is 0 Å². The van der Waals surface area contributed by atoms with Crippen molar-refractivity contribution in [3.05, 3.63) is 133 Å². The van der Waals surface area contributed by atoms with Gasteiger partial charge in [-0.25, -0.2) is 4.98 Å². The number of ether oxygens (including phenoxy) is 1. The van der Waals surface area contributed by atoms with Gasteiger partial charge in [-0.2, -0.15) is 0 Å². The van der Waals surface area contributed by atoms with Crippen LogP contribution in [0.15, 0.2) is 133 Å². The Labute approximate surface area is 230 Å². The first kappa shape index (κ1) is 21.5. The largest absolute Gasteiger partial charge is 0.453 e. The van der Waals surface area contributed by atoms with E-state index in [4.69, 9.17) is 9.72 Å². The Kier molecular flexibility index (Phi) is 4.33. The lowest BCUT2D eigenvalue weighted by molar-refractivity contribution is 0.476. The highest BCUT2D eigenvalue weighted by atomic mass is 16.5. The number of fused-ring (bicyclic) bond motifs is 5. The quantitative estimate of drug-likeness (QED) is 0.216. The lowest BCUT2D eigenvalue weighted by Crippen LogP contribution is -2.06. The molecule has 0 unspecified atom stereocenters. The van der Waals surface area contributed by atoms with E-state index in [1.54, 1.807) is 0 Å². The number of para-hydroxylation sites is 3. The number of nitrogens with zero attached hydrogens (tertiary/aromatic N) is 2. The van der Waals surface area contributed by atoms with Crippen LogP contribution in [0.1, 0.15) is 0 Å². The maximum absolute atomic E-state index is 6.33. The summed E-state index contributed by atoms with van der Waals surface area (Å²) in [4.78, 5) is 5.29. The zero-order valence-corrected chi connectivity index (χ0v) is 21.5. The van der Waals surface area contributed by atoms with Gasteiger partial charge in [-0.3, -0.25) is 4.57 Å². The number of aromatic nitrogens is 2. The Bertz CT molecular complexity index is 2250. The molecule has 9 rings (SSSR count). The molecule has 3 nitrogen and oxygen atoms in total. The summed E-state index contributed by atoms with van der Waals surface area (Å²) >= 11 is 0. The minimum Gasteiger partial charge on any atom is -0.453 e. The molecule has 0 spiro atoms. The summed E-state index contributed by atoms with van der Waals surface area (Å²) in [7, 11) is 0. The van der Waals surface area contributed by atoms with Gasteiger partial charge in [0.1, 0.15) is 11.3 Å². The molecule has 0 saturated carbocycles. The molecule has 3 heteroatoms. The molecule has 1 aromatic heterocycles. The Morgan fingerprint density at radius 3 is 1.82 bits per heavy atom. The average Bonchev–Trinajstić information content (AvgIpc) is 3.40. The number of imidazole rings is 1. The zero-order chi connectivity index (χ0) is 26.2. The molecule has 1 aliphatic heterocycles. The van der Waals surface area contributed by atoms with E-state index in [0.29, 0.717) is 0 Å². The van der Waals surface area contributed by atoms with Crippen molar-refractivity contribution in [2.24, 2.45) is 0 Å². The highest BCUT2D eigenvalue weighted by molar-refractivity contribution is 6.23.